The van der Waals surface area contributed by atoms with Crippen molar-refractivity contribution < 1.29 is 12.9 Å². The molecule has 8 nitrogen and oxygen atoms in total. The van der Waals surface area contributed by atoms with Gasteiger partial charge in [-0.2, -0.15) is 4.98 Å². The summed E-state index contributed by atoms with van der Waals surface area (Å²) in [7, 11) is -2.01. The van der Waals surface area contributed by atoms with E-state index in [1.807, 2.05) is 0 Å². The second-order valence-corrected chi connectivity index (χ2v) is 5.32. The van der Waals surface area contributed by atoms with Crippen LogP contribution in [0.4, 0.5) is 5.82 Å². The zero-order chi connectivity index (χ0) is 13.7. The van der Waals surface area contributed by atoms with Crippen LogP contribution in [0.15, 0.2) is 34.1 Å². The average Bonchev–Trinajstić information content (AvgIpc) is 2.91. The van der Waals surface area contributed by atoms with Crippen LogP contribution in [0.5, 0.6) is 0 Å². The van der Waals surface area contributed by atoms with Gasteiger partial charge in [0.05, 0.1) is 0 Å². The zero-order valence-corrected chi connectivity index (χ0v) is 11.0. The van der Waals surface area contributed by atoms with Crippen molar-refractivity contribution in [3.63, 3.8) is 0 Å². The fourth-order valence-electron chi connectivity index (χ4n) is 1.47. The molecule has 0 aliphatic carbocycles. The standard InChI is InChI=1S/C10H13N5O3S/c1-11-10-8(3-2-5-12-10)19(16,17)15-6-4-9-13-7-14-18-9/h2-3,5,7,15H,4,6H2,1H3,(H,11,12). The van der Waals surface area contributed by atoms with Crippen LogP contribution in [-0.2, 0) is 16.4 Å². The molecule has 2 aromatic heterocycles. The summed E-state index contributed by atoms with van der Waals surface area (Å²) < 4.78 is 31.4. The Morgan fingerprint density at radius 3 is 2.89 bits per heavy atom. The number of hydrogen-bond donors (Lipinski definition) is 2. The van der Waals surface area contributed by atoms with E-state index in [4.69, 9.17) is 4.52 Å². The highest BCUT2D eigenvalue weighted by Crippen LogP contribution is 2.16. The van der Waals surface area contributed by atoms with Gasteiger partial charge in [0.2, 0.25) is 15.9 Å². The lowest BCUT2D eigenvalue weighted by molar-refractivity contribution is 0.377. The molecule has 0 aliphatic rings. The highest BCUT2D eigenvalue weighted by Gasteiger charge is 2.18. The Bertz CT molecular complexity index is 626. The molecule has 9 heteroatoms. The highest BCUT2D eigenvalue weighted by atomic mass is 32.2. The summed E-state index contributed by atoms with van der Waals surface area (Å²) in [5.41, 5.74) is 0. The lowest BCUT2D eigenvalue weighted by Gasteiger charge is -2.09. The van der Waals surface area contributed by atoms with Crippen LogP contribution in [0.3, 0.4) is 0 Å². The summed E-state index contributed by atoms with van der Waals surface area (Å²) >= 11 is 0. The molecule has 0 spiro atoms. The van der Waals surface area contributed by atoms with Gasteiger partial charge in [-0.15, -0.1) is 0 Å². The van der Waals surface area contributed by atoms with Gasteiger partial charge < -0.3 is 9.84 Å². The Morgan fingerprint density at radius 2 is 2.21 bits per heavy atom. The van der Waals surface area contributed by atoms with Crippen LogP contribution in [-0.4, -0.2) is 37.1 Å². The topological polar surface area (TPSA) is 110 Å². The van der Waals surface area contributed by atoms with E-state index in [0.29, 0.717) is 18.1 Å². The van der Waals surface area contributed by atoms with Gasteiger partial charge in [0.1, 0.15) is 10.7 Å². The average molecular weight is 283 g/mol. The predicted octanol–water partition coefficient (Wildman–Crippen LogP) is 0.0273. The van der Waals surface area contributed by atoms with Crippen molar-refractivity contribution in [2.24, 2.45) is 0 Å². The third-order valence-electron chi connectivity index (χ3n) is 2.33. The molecular formula is C10H13N5O3S. The lowest BCUT2D eigenvalue weighted by Crippen LogP contribution is -2.27. The molecule has 2 aromatic rings. The maximum absolute atomic E-state index is 12.1. The molecule has 0 radical (unpaired) electrons. The van der Waals surface area contributed by atoms with E-state index in [2.05, 4.69) is 25.2 Å². The fourth-order valence-corrected chi connectivity index (χ4v) is 2.66. The number of nitrogens with zero attached hydrogens (tertiary/aromatic N) is 3. The monoisotopic (exact) mass is 283 g/mol. The van der Waals surface area contributed by atoms with Crippen molar-refractivity contribution in [2.45, 2.75) is 11.3 Å². The molecule has 0 aliphatic heterocycles. The number of pyridine rings is 1. The van der Waals surface area contributed by atoms with Crippen molar-refractivity contribution in [2.75, 3.05) is 18.9 Å². The third kappa shape index (κ3) is 3.26. The predicted molar refractivity (Wildman–Crippen MR) is 67.0 cm³/mol. The summed E-state index contributed by atoms with van der Waals surface area (Å²) in [6.45, 7) is 0.169. The number of hydrogen-bond acceptors (Lipinski definition) is 7. The first-order valence-electron chi connectivity index (χ1n) is 5.51. The van der Waals surface area contributed by atoms with Gasteiger partial charge in [0.25, 0.3) is 0 Å². The van der Waals surface area contributed by atoms with Crippen molar-refractivity contribution in [1.29, 1.82) is 0 Å². The summed E-state index contributed by atoms with van der Waals surface area (Å²) in [5.74, 6) is 0.676. The van der Waals surface area contributed by atoms with Crippen LogP contribution in [0.1, 0.15) is 5.89 Å². The summed E-state index contributed by atoms with van der Waals surface area (Å²) in [6.07, 6.45) is 3.11. The van der Waals surface area contributed by atoms with Gasteiger partial charge in [-0.25, -0.2) is 18.1 Å². The van der Waals surface area contributed by atoms with E-state index in [1.165, 1.54) is 18.6 Å². The smallest absolute Gasteiger partial charge is 0.244 e. The molecular weight excluding hydrogens is 270 g/mol. The van der Waals surface area contributed by atoms with Gasteiger partial charge in [-0.1, -0.05) is 5.16 Å². The van der Waals surface area contributed by atoms with E-state index < -0.39 is 10.0 Å². The normalized spacial score (nSPS) is 11.4. The molecule has 0 saturated heterocycles. The van der Waals surface area contributed by atoms with Crippen molar-refractivity contribution in [3.05, 3.63) is 30.5 Å². The van der Waals surface area contributed by atoms with Gasteiger partial charge in [-0.3, -0.25) is 0 Å². The molecule has 2 rings (SSSR count). The molecule has 0 aromatic carbocycles. The van der Waals surface area contributed by atoms with Crippen LogP contribution < -0.4 is 10.0 Å². The summed E-state index contributed by atoms with van der Waals surface area (Å²) in [5, 5.41) is 6.17. The van der Waals surface area contributed by atoms with E-state index in [1.54, 1.807) is 13.1 Å². The molecule has 102 valence electrons. The largest absolute Gasteiger partial charge is 0.372 e. The third-order valence-corrected chi connectivity index (χ3v) is 3.83. The molecule has 2 heterocycles. The SMILES string of the molecule is CNc1ncccc1S(=O)(=O)NCCc1ncno1. The van der Waals surface area contributed by atoms with E-state index in [0.717, 1.165) is 0 Å². The molecule has 0 unspecified atom stereocenters. The molecule has 19 heavy (non-hydrogen) atoms. The Balaban J connectivity index is 2.05. The first-order valence-corrected chi connectivity index (χ1v) is 7.00. The van der Waals surface area contributed by atoms with Gasteiger partial charge in [0.15, 0.2) is 6.33 Å². The number of anilines is 1. The highest BCUT2D eigenvalue weighted by molar-refractivity contribution is 7.89. The van der Waals surface area contributed by atoms with Crippen LogP contribution >= 0.6 is 0 Å². The maximum atomic E-state index is 12.1. The summed E-state index contributed by atoms with van der Waals surface area (Å²) in [6, 6.07) is 3.04. The number of aromatic nitrogens is 3. The second-order valence-electron chi connectivity index (χ2n) is 3.58. The molecule has 0 amide bonds. The minimum absolute atomic E-state index is 0.100. The lowest BCUT2D eigenvalue weighted by atomic mass is 10.4. The van der Waals surface area contributed by atoms with Crippen LogP contribution in [0.2, 0.25) is 0 Å². The zero-order valence-electron chi connectivity index (χ0n) is 10.2. The first kappa shape index (κ1) is 13.4. The Hall–Kier alpha value is -2.00. The minimum Gasteiger partial charge on any atom is -0.372 e. The van der Waals surface area contributed by atoms with E-state index >= 15 is 0 Å². The molecule has 2 N–H and O–H groups in total. The summed E-state index contributed by atoms with van der Waals surface area (Å²) in [4.78, 5) is 7.86. The van der Waals surface area contributed by atoms with Crippen LogP contribution in [0.25, 0.3) is 0 Å². The molecule has 0 saturated carbocycles. The first-order chi connectivity index (χ1) is 9.13. The number of sulfonamides is 1. The molecule has 0 bridgehead atoms. The minimum atomic E-state index is -3.62. The van der Waals surface area contributed by atoms with Crippen molar-refractivity contribution in [3.8, 4) is 0 Å². The molecule has 0 atom stereocenters. The Kier molecular flexibility index (Phi) is 4.07. The Morgan fingerprint density at radius 1 is 1.37 bits per heavy atom. The van der Waals surface area contributed by atoms with Crippen molar-refractivity contribution in [1.82, 2.24) is 19.8 Å². The number of nitrogens with one attached hydrogen (secondary N) is 2. The van der Waals surface area contributed by atoms with Crippen LogP contribution in [0, 0.1) is 0 Å². The quantitative estimate of drug-likeness (QED) is 0.769. The number of rotatable bonds is 6. The van der Waals surface area contributed by atoms with E-state index in [-0.39, 0.29) is 11.4 Å². The maximum Gasteiger partial charge on any atom is 0.244 e. The second kappa shape index (κ2) is 5.76. The van der Waals surface area contributed by atoms with Gasteiger partial charge in [-0.05, 0) is 12.1 Å². The fraction of sp³-hybridized carbons (Fsp3) is 0.300. The van der Waals surface area contributed by atoms with Gasteiger partial charge >= 0.3 is 0 Å². The van der Waals surface area contributed by atoms with E-state index in [9.17, 15) is 8.42 Å². The van der Waals surface area contributed by atoms with Gasteiger partial charge in [0, 0.05) is 26.2 Å². The van der Waals surface area contributed by atoms with Crippen molar-refractivity contribution >= 4 is 15.8 Å². The Labute approximate surface area is 110 Å². The molecule has 0 fully saturated rings.